The van der Waals surface area contributed by atoms with Gasteiger partial charge in [0.1, 0.15) is 18.1 Å². The second kappa shape index (κ2) is 7.33. The maximum absolute atomic E-state index is 10.8. The van der Waals surface area contributed by atoms with Gasteiger partial charge in [0.2, 0.25) is 0 Å². The van der Waals surface area contributed by atoms with Crippen molar-refractivity contribution in [3.63, 3.8) is 0 Å². The van der Waals surface area contributed by atoms with Gasteiger partial charge in [-0.1, -0.05) is 24.3 Å². The Labute approximate surface area is 123 Å². The van der Waals surface area contributed by atoms with Gasteiger partial charge in [-0.25, -0.2) is 0 Å². The van der Waals surface area contributed by atoms with Gasteiger partial charge in [-0.2, -0.15) is 0 Å². The quantitative estimate of drug-likeness (QED) is 0.848. The van der Waals surface area contributed by atoms with Crippen LogP contribution in [-0.4, -0.2) is 17.7 Å². The van der Waals surface area contributed by atoms with E-state index in [0.717, 1.165) is 22.6 Å². The molecule has 110 valence electrons. The van der Waals surface area contributed by atoms with Crippen molar-refractivity contribution in [3.05, 3.63) is 59.7 Å². The Balaban J connectivity index is 2.00. The normalized spacial score (nSPS) is 10.1. The van der Waals surface area contributed by atoms with Gasteiger partial charge in [0.05, 0.1) is 13.0 Å². The summed E-state index contributed by atoms with van der Waals surface area (Å²) >= 11 is 0. The molecule has 0 bridgehead atoms. The van der Waals surface area contributed by atoms with E-state index < -0.39 is 5.97 Å². The second-order valence-electron chi connectivity index (χ2n) is 4.53. The molecule has 0 fully saturated rings. The first-order valence-corrected chi connectivity index (χ1v) is 6.83. The van der Waals surface area contributed by atoms with Gasteiger partial charge >= 0.3 is 5.97 Å². The van der Waals surface area contributed by atoms with Gasteiger partial charge in [0, 0.05) is 0 Å². The summed E-state index contributed by atoms with van der Waals surface area (Å²) in [6.07, 6.45) is 0.00279. The number of aliphatic carboxylic acids is 1. The highest BCUT2D eigenvalue weighted by atomic mass is 16.5. The molecule has 0 aliphatic heterocycles. The predicted octanol–water partition coefficient (Wildman–Crippen LogP) is 3.29. The molecule has 0 aromatic heterocycles. The number of carbonyl (C=O) groups is 1. The minimum atomic E-state index is -0.844. The predicted molar refractivity (Wildman–Crippen MR) is 79.7 cm³/mol. The fraction of sp³-hybridized carbons (Fsp3) is 0.235. The first-order valence-electron chi connectivity index (χ1n) is 6.83. The van der Waals surface area contributed by atoms with Crippen LogP contribution in [0.2, 0.25) is 0 Å². The average Bonchev–Trinajstić information content (AvgIpc) is 2.48. The van der Waals surface area contributed by atoms with E-state index in [1.807, 2.05) is 55.5 Å². The van der Waals surface area contributed by atoms with Crippen LogP contribution in [0.1, 0.15) is 18.1 Å². The van der Waals surface area contributed by atoms with E-state index in [-0.39, 0.29) is 6.42 Å². The maximum atomic E-state index is 10.8. The topological polar surface area (TPSA) is 55.8 Å². The molecule has 21 heavy (non-hydrogen) atoms. The van der Waals surface area contributed by atoms with E-state index in [9.17, 15) is 4.79 Å². The van der Waals surface area contributed by atoms with E-state index in [4.69, 9.17) is 14.6 Å². The molecule has 2 aromatic rings. The van der Waals surface area contributed by atoms with Crippen molar-refractivity contribution in [2.75, 3.05) is 6.61 Å². The molecule has 2 aromatic carbocycles. The Morgan fingerprint density at radius 2 is 1.52 bits per heavy atom. The Kier molecular flexibility index (Phi) is 5.21. The summed E-state index contributed by atoms with van der Waals surface area (Å²) in [5.74, 6) is 0.684. The fourth-order valence-corrected chi connectivity index (χ4v) is 1.99. The molecule has 0 heterocycles. The van der Waals surface area contributed by atoms with Gasteiger partial charge < -0.3 is 14.6 Å². The fourth-order valence-electron chi connectivity index (χ4n) is 1.99. The minimum absolute atomic E-state index is 0.00279. The van der Waals surface area contributed by atoms with Crippen LogP contribution < -0.4 is 9.47 Å². The minimum Gasteiger partial charge on any atom is -0.494 e. The number of ether oxygens (including phenoxy) is 2. The standard InChI is InChI=1S/C17H18O4/c1-2-20-15-7-9-16(10-8-15)21-12-14-6-4-3-5-13(14)11-17(18)19/h3-10H,2,11-12H2,1H3,(H,18,19). The van der Waals surface area contributed by atoms with Crippen LogP contribution in [0.3, 0.4) is 0 Å². The zero-order valence-electron chi connectivity index (χ0n) is 11.9. The third-order valence-corrected chi connectivity index (χ3v) is 2.99. The van der Waals surface area contributed by atoms with E-state index in [2.05, 4.69) is 0 Å². The molecule has 0 radical (unpaired) electrons. The summed E-state index contributed by atoms with van der Waals surface area (Å²) in [7, 11) is 0. The summed E-state index contributed by atoms with van der Waals surface area (Å²) in [4.78, 5) is 10.8. The second-order valence-corrected chi connectivity index (χ2v) is 4.53. The van der Waals surface area contributed by atoms with Crippen molar-refractivity contribution in [3.8, 4) is 11.5 Å². The van der Waals surface area contributed by atoms with Crippen LogP contribution in [0.4, 0.5) is 0 Å². The SMILES string of the molecule is CCOc1ccc(OCc2ccccc2CC(=O)O)cc1. The molecular weight excluding hydrogens is 268 g/mol. The Bertz CT molecular complexity index is 590. The smallest absolute Gasteiger partial charge is 0.307 e. The Morgan fingerprint density at radius 1 is 0.952 bits per heavy atom. The lowest BCUT2D eigenvalue weighted by atomic mass is 10.1. The van der Waals surface area contributed by atoms with E-state index >= 15 is 0 Å². The van der Waals surface area contributed by atoms with Crippen molar-refractivity contribution >= 4 is 5.97 Å². The third kappa shape index (κ3) is 4.53. The lowest BCUT2D eigenvalue weighted by molar-refractivity contribution is -0.136. The summed E-state index contributed by atoms with van der Waals surface area (Å²) in [5, 5.41) is 8.90. The van der Waals surface area contributed by atoms with Crippen LogP contribution in [0, 0.1) is 0 Å². The lowest BCUT2D eigenvalue weighted by Crippen LogP contribution is -2.05. The van der Waals surface area contributed by atoms with Crippen LogP contribution in [0.25, 0.3) is 0 Å². The van der Waals surface area contributed by atoms with Crippen LogP contribution in [0.5, 0.6) is 11.5 Å². The molecule has 1 N–H and O–H groups in total. The number of carboxylic acid groups (broad SMARTS) is 1. The molecule has 2 rings (SSSR count). The first-order chi connectivity index (χ1) is 10.2. The highest BCUT2D eigenvalue weighted by Crippen LogP contribution is 2.19. The largest absolute Gasteiger partial charge is 0.494 e. The molecule has 0 amide bonds. The molecule has 4 heteroatoms. The van der Waals surface area contributed by atoms with Gasteiger partial charge in [-0.15, -0.1) is 0 Å². The van der Waals surface area contributed by atoms with Gasteiger partial charge in [-0.3, -0.25) is 4.79 Å². The lowest BCUT2D eigenvalue weighted by Gasteiger charge is -2.10. The van der Waals surface area contributed by atoms with Crippen molar-refractivity contribution in [2.45, 2.75) is 20.0 Å². The van der Waals surface area contributed by atoms with Crippen LogP contribution >= 0.6 is 0 Å². The van der Waals surface area contributed by atoms with Crippen molar-refractivity contribution < 1.29 is 19.4 Å². The molecular formula is C17H18O4. The summed E-state index contributed by atoms with van der Waals surface area (Å²) in [6.45, 7) is 2.91. The zero-order valence-corrected chi connectivity index (χ0v) is 11.9. The summed E-state index contributed by atoms with van der Waals surface area (Å²) in [5.41, 5.74) is 1.66. The molecule has 4 nitrogen and oxygen atoms in total. The Hall–Kier alpha value is -2.49. The molecule has 0 saturated carbocycles. The van der Waals surface area contributed by atoms with Crippen molar-refractivity contribution in [1.29, 1.82) is 0 Å². The number of benzene rings is 2. The maximum Gasteiger partial charge on any atom is 0.307 e. The van der Waals surface area contributed by atoms with E-state index in [1.165, 1.54) is 0 Å². The van der Waals surface area contributed by atoms with Crippen LogP contribution in [-0.2, 0) is 17.8 Å². The average molecular weight is 286 g/mol. The van der Waals surface area contributed by atoms with Crippen molar-refractivity contribution in [2.24, 2.45) is 0 Å². The number of hydrogen-bond acceptors (Lipinski definition) is 3. The van der Waals surface area contributed by atoms with Crippen LogP contribution in [0.15, 0.2) is 48.5 Å². The zero-order chi connectivity index (χ0) is 15.1. The summed E-state index contributed by atoms with van der Waals surface area (Å²) in [6, 6.07) is 14.8. The Morgan fingerprint density at radius 3 is 2.10 bits per heavy atom. The highest BCUT2D eigenvalue weighted by Gasteiger charge is 2.07. The van der Waals surface area contributed by atoms with E-state index in [1.54, 1.807) is 0 Å². The van der Waals surface area contributed by atoms with E-state index in [0.29, 0.717) is 13.2 Å². The number of rotatable bonds is 7. The van der Waals surface area contributed by atoms with Crippen molar-refractivity contribution in [1.82, 2.24) is 0 Å². The monoisotopic (exact) mass is 286 g/mol. The van der Waals surface area contributed by atoms with Gasteiger partial charge in [0.15, 0.2) is 0 Å². The van der Waals surface area contributed by atoms with Gasteiger partial charge in [0.25, 0.3) is 0 Å². The number of hydrogen-bond donors (Lipinski definition) is 1. The molecule has 0 aliphatic rings. The first kappa shape index (κ1) is 14.9. The molecule has 0 spiro atoms. The van der Waals surface area contributed by atoms with Gasteiger partial charge in [-0.05, 0) is 42.3 Å². The molecule has 0 aliphatic carbocycles. The summed E-state index contributed by atoms with van der Waals surface area (Å²) < 4.78 is 11.1. The molecule has 0 saturated heterocycles. The number of carboxylic acids is 1. The third-order valence-electron chi connectivity index (χ3n) is 2.99. The molecule has 0 atom stereocenters. The highest BCUT2D eigenvalue weighted by molar-refractivity contribution is 5.70. The molecule has 0 unspecified atom stereocenters.